The van der Waals surface area contributed by atoms with Crippen LogP contribution in [0.15, 0.2) is 97.1 Å². The highest BCUT2D eigenvalue weighted by atomic mass is 16.5. The fourth-order valence-electron chi connectivity index (χ4n) is 7.18. The van der Waals surface area contributed by atoms with Gasteiger partial charge in [0.25, 0.3) is 0 Å². The molecule has 2 nitrogen and oxygen atoms in total. The van der Waals surface area contributed by atoms with Gasteiger partial charge in [-0.05, 0) is 108 Å². The summed E-state index contributed by atoms with van der Waals surface area (Å²) in [7, 11) is 0. The number of fused-ring (bicyclic) bond motifs is 3. The Balaban J connectivity index is 1.26. The molecule has 6 aromatic carbocycles. The van der Waals surface area contributed by atoms with E-state index in [2.05, 4.69) is 126 Å². The van der Waals surface area contributed by atoms with Crippen LogP contribution in [0.4, 0.5) is 0 Å². The van der Waals surface area contributed by atoms with Crippen LogP contribution in [0, 0.1) is 0 Å². The van der Waals surface area contributed by atoms with Crippen molar-refractivity contribution in [2.75, 3.05) is 6.61 Å². The molecule has 0 aliphatic heterocycles. The molecule has 0 spiro atoms. The van der Waals surface area contributed by atoms with Crippen LogP contribution in [0.1, 0.15) is 70.2 Å². The Hall–Kier alpha value is -4.43. The lowest BCUT2D eigenvalue weighted by atomic mass is 9.80. The van der Waals surface area contributed by atoms with Gasteiger partial charge in [-0.3, -0.25) is 0 Å². The first-order valence-corrected chi connectivity index (χ1v) is 15.8. The van der Waals surface area contributed by atoms with E-state index in [9.17, 15) is 4.79 Å². The fraction of sp³-hybridized carbons (Fsp3) is 0.262. The van der Waals surface area contributed by atoms with Gasteiger partial charge in [-0.25, -0.2) is 4.79 Å². The molecule has 0 radical (unpaired) electrons. The summed E-state index contributed by atoms with van der Waals surface area (Å²) in [5.74, 6) is -0.314. The Labute approximate surface area is 260 Å². The number of esters is 1. The predicted octanol–water partition coefficient (Wildman–Crippen LogP) is 10.9. The molecule has 6 aromatic rings. The Morgan fingerprint density at radius 1 is 0.750 bits per heavy atom. The molecule has 0 N–H and O–H groups in total. The van der Waals surface area contributed by atoms with Crippen molar-refractivity contribution in [1.29, 1.82) is 0 Å². The van der Waals surface area contributed by atoms with E-state index in [0.717, 1.165) is 12.8 Å². The smallest absolute Gasteiger partial charge is 0.333 e. The van der Waals surface area contributed by atoms with Crippen molar-refractivity contribution in [1.82, 2.24) is 0 Å². The third-order valence-electron chi connectivity index (χ3n) is 9.71. The van der Waals surface area contributed by atoms with Crippen molar-refractivity contribution in [3.63, 3.8) is 0 Å². The van der Waals surface area contributed by atoms with Crippen LogP contribution in [0.3, 0.4) is 0 Å². The van der Waals surface area contributed by atoms with Crippen LogP contribution in [0.2, 0.25) is 0 Å². The lowest BCUT2D eigenvalue weighted by molar-refractivity contribution is -0.139. The monoisotopic (exact) mass is 576 g/mol. The number of rotatable bonds is 6. The Kier molecular flexibility index (Phi) is 6.48. The van der Waals surface area contributed by atoms with E-state index < -0.39 is 0 Å². The van der Waals surface area contributed by atoms with Gasteiger partial charge in [0, 0.05) is 11.0 Å². The summed E-state index contributed by atoms with van der Waals surface area (Å²) in [6, 6.07) is 32.5. The fourth-order valence-corrected chi connectivity index (χ4v) is 7.18. The average molecular weight is 577 g/mol. The summed E-state index contributed by atoms with van der Waals surface area (Å²) < 4.78 is 5.31. The minimum absolute atomic E-state index is 0.102. The number of ether oxygens (including phenoxy) is 1. The first-order chi connectivity index (χ1) is 20.9. The van der Waals surface area contributed by atoms with Crippen LogP contribution < -0.4 is 0 Å². The molecule has 7 rings (SSSR count). The normalized spacial score (nSPS) is 13.9. The highest BCUT2D eigenvalue weighted by Crippen LogP contribution is 2.50. The minimum atomic E-state index is -0.314. The van der Waals surface area contributed by atoms with Crippen molar-refractivity contribution >= 4 is 38.3 Å². The summed E-state index contributed by atoms with van der Waals surface area (Å²) in [6.45, 7) is 17.3. The zero-order chi connectivity index (χ0) is 31.0. The van der Waals surface area contributed by atoms with Crippen molar-refractivity contribution in [2.24, 2.45) is 0 Å². The first kappa shape index (κ1) is 28.3. The van der Waals surface area contributed by atoms with Crippen molar-refractivity contribution in [2.45, 2.75) is 65.2 Å². The molecule has 0 amide bonds. The van der Waals surface area contributed by atoms with Crippen LogP contribution >= 0.6 is 0 Å². The van der Waals surface area contributed by atoms with Gasteiger partial charge in [0.1, 0.15) is 0 Å². The van der Waals surface area contributed by atoms with Gasteiger partial charge in [-0.15, -0.1) is 0 Å². The zero-order valence-corrected chi connectivity index (χ0v) is 26.7. The molecule has 44 heavy (non-hydrogen) atoms. The minimum Gasteiger partial charge on any atom is -0.462 e. The van der Waals surface area contributed by atoms with Gasteiger partial charge >= 0.3 is 5.97 Å². The van der Waals surface area contributed by atoms with E-state index in [0.29, 0.717) is 12.2 Å². The molecule has 0 atom stereocenters. The quantitative estimate of drug-likeness (QED) is 0.0853. The zero-order valence-electron chi connectivity index (χ0n) is 26.7. The Bertz CT molecular complexity index is 2100. The molecular formula is C42H40O2. The third kappa shape index (κ3) is 4.51. The topological polar surface area (TPSA) is 26.3 Å². The van der Waals surface area contributed by atoms with E-state index in [1.165, 1.54) is 76.8 Å². The molecule has 0 fully saturated rings. The van der Waals surface area contributed by atoms with Gasteiger partial charge in [0.2, 0.25) is 0 Å². The maximum absolute atomic E-state index is 11.7. The standard InChI is InChI=1S/C42H40O2/c1-25(2)40(43)44-20-8-9-26-10-16-33-34-18-14-28(24-37(34)42(6,7)36(33)21-26)32-17-13-27-11-12-29-22-31(41(3,4)5)23-30-15-19-35(32)39(27)38(29)30/h10-19,21-24H,1,8-9,20H2,2-7H3. The molecular weight excluding hydrogens is 536 g/mol. The molecule has 1 aliphatic carbocycles. The van der Waals surface area contributed by atoms with Crippen molar-refractivity contribution < 1.29 is 9.53 Å². The van der Waals surface area contributed by atoms with Crippen LogP contribution in [-0.2, 0) is 26.8 Å². The maximum atomic E-state index is 11.7. The molecule has 0 heterocycles. The maximum Gasteiger partial charge on any atom is 0.333 e. The molecule has 0 saturated heterocycles. The molecule has 1 aliphatic rings. The molecule has 0 bridgehead atoms. The SMILES string of the molecule is C=C(C)C(=O)OCCCc1ccc2c(c1)C(C)(C)c1cc(-c3ccc4ccc5cc(C(C)(C)C)cc6ccc3c4c56)ccc1-2. The first-order valence-electron chi connectivity index (χ1n) is 15.8. The van der Waals surface area contributed by atoms with E-state index in [-0.39, 0.29) is 16.8 Å². The summed E-state index contributed by atoms with van der Waals surface area (Å²) in [6.07, 6.45) is 1.66. The van der Waals surface area contributed by atoms with E-state index in [4.69, 9.17) is 4.74 Å². The number of carbonyl (C=O) groups is 1. The van der Waals surface area contributed by atoms with Gasteiger partial charge < -0.3 is 4.74 Å². The van der Waals surface area contributed by atoms with E-state index in [1.807, 2.05) is 0 Å². The van der Waals surface area contributed by atoms with Crippen LogP contribution in [0.25, 0.3) is 54.6 Å². The van der Waals surface area contributed by atoms with Crippen molar-refractivity contribution in [3.8, 4) is 22.3 Å². The number of benzene rings is 6. The summed E-state index contributed by atoms with van der Waals surface area (Å²) in [5, 5.41) is 7.97. The summed E-state index contributed by atoms with van der Waals surface area (Å²) in [5.41, 5.74) is 11.0. The highest BCUT2D eigenvalue weighted by Gasteiger charge is 2.36. The number of carbonyl (C=O) groups excluding carboxylic acids is 1. The molecule has 220 valence electrons. The molecule has 0 aromatic heterocycles. The number of hydrogen-bond acceptors (Lipinski definition) is 2. The lowest BCUT2D eigenvalue weighted by Crippen LogP contribution is -2.15. The largest absolute Gasteiger partial charge is 0.462 e. The van der Waals surface area contributed by atoms with E-state index in [1.54, 1.807) is 6.92 Å². The molecule has 0 saturated carbocycles. The van der Waals surface area contributed by atoms with Crippen LogP contribution in [0.5, 0.6) is 0 Å². The second kappa shape index (κ2) is 10.1. The van der Waals surface area contributed by atoms with Gasteiger partial charge in [-0.1, -0.05) is 120 Å². The second-order valence-electron chi connectivity index (χ2n) is 14.2. The van der Waals surface area contributed by atoms with Gasteiger partial charge in [-0.2, -0.15) is 0 Å². The highest BCUT2D eigenvalue weighted by molar-refractivity contribution is 6.25. The van der Waals surface area contributed by atoms with E-state index >= 15 is 0 Å². The number of hydrogen-bond donors (Lipinski definition) is 0. The second-order valence-corrected chi connectivity index (χ2v) is 14.2. The van der Waals surface area contributed by atoms with Gasteiger partial charge in [0.15, 0.2) is 0 Å². The van der Waals surface area contributed by atoms with Crippen LogP contribution in [-0.4, -0.2) is 12.6 Å². The summed E-state index contributed by atoms with van der Waals surface area (Å²) >= 11 is 0. The number of aryl methyl sites for hydroxylation is 1. The Morgan fingerprint density at radius 3 is 2.07 bits per heavy atom. The lowest BCUT2D eigenvalue weighted by Gasteiger charge is -2.23. The molecule has 2 heteroatoms. The molecule has 0 unspecified atom stereocenters. The van der Waals surface area contributed by atoms with Crippen molar-refractivity contribution in [3.05, 3.63) is 119 Å². The predicted molar refractivity (Wildman–Crippen MR) is 186 cm³/mol. The third-order valence-corrected chi connectivity index (χ3v) is 9.71. The Morgan fingerprint density at radius 2 is 1.36 bits per heavy atom. The summed E-state index contributed by atoms with van der Waals surface area (Å²) in [4.78, 5) is 11.7. The van der Waals surface area contributed by atoms with Gasteiger partial charge in [0.05, 0.1) is 6.61 Å². The average Bonchev–Trinajstić information content (AvgIpc) is 3.22.